The van der Waals surface area contributed by atoms with Gasteiger partial charge in [-0.05, 0) is 32.2 Å². The lowest BCUT2D eigenvalue weighted by Crippen LogP contribution is -2.51. The summed E-state index contributed by atoms with van der Waals surface area (Å²) < 4.78 is 5.06. The lowest BCUT2D eigenvalue weighted by atomic mass is 9.90. The summed E-state index contributed by atoms with van der Waals surface area (Å²) in [7, 11) is 0. The zero-order valence-corrected chi connectivity index (χ0v) is 11.4. The zero-order chi connectivity index (χ0) is 12.7. The first kappa shape index (κ1) is 14.3. The van der Waals surface area contributed by atoms with E-state index in [1.54, 1.807) is 0 Å². The van der Waals surface area contributed by atoms with Crippen LogP contribution >= 0.6 is 0 Å². The van der Waals surface area contributed by atoms with Crippen molar-refractivity contribution in [3.05, 3.63) is 0 Å². The van der Waals surface area contributed by atoms with Crippen LogP contribution in [-0.4, -0.2) is 43.3 Å². The molecule has 0 aromatic carbocycles. The Morgan fingerprint density at radius 2 is 2.18 bits per heavy atom. The fourth-order valence-electron chi connectivity index (χ4n) is 2.42. The molecule has 0 bridgehead atoms. The topological polar surface area (TPSA) is 41.6 Å². The van der Waals surface area contributed by atoms with Crippen molar-refractivity contribution in [2.75, 3.05) is 26.2 Å². The van der Waals surface area contributed by atoms with Crippen LogP contribution in [0.5, 0.6) is 0 Å². The minimum Gasteiger partial charge on any atom is -0.450 e. The van der Waals surface area contributed by atoms with Crippen molar-refractivity contribution in [2.24, 2.45) is 5.92 Å². The summed E-state index contributed by atoms with van der Waals surface area (Å²) in [5.74, 6) is 0.555. The molecule has 0 aliphatic carbocycles. The Bertz CT molecular complexity index is 233. The van der Waals surface area contributed by atoms with Crippen LogP contribution < -0.4 is 5.32 Å². The van der Waals surface area contributed by atoms with Gasteiger partial charge in [0.25, 0.3) is 0 Å². The fraction of sp³-hybridized carbons (Fsp3) is 0.923. The number of nitrogens with zero attached hydrogens (tertiary/aromatic N) is 1. The molecule has 17 heavy (non-hydrogen) atoms. The molecule has 0 saturated carbocycles. The van der Waals surface area contributed by atoms with Crippen molar-refractivity contribution in [3.8, 4) is 0 Å². The van der Waals surface area contributed by atoms with E-state index in [0.29, 0.717) is 18.6 Å². The Hall–Kier alpha value is -0.770. The van der Waals surface area contributed by atoms with Gasteiger partial charge in [0.15, 0.2) is 0 Å². The van der Waals surface area contributed by atoms with Crippen LogP contribution in [0.4, 0.5) is 4.79 Å². The van der Waals surface area contributed by atoms with E-state index in [0.717, 1.165) is 38.9 Å². The lowest BCUT2D eigenvalue weighted by Gasteiger charge is -2.38. The summed E-state index contributed by atoms with van der Waals surface area (Å²) in [5, 5.41) is 3.58. The molecule has 4 nitrogen and oxygen atoms in total. The normalized spacial score (nSPS) is 24.8. The molecule has 1 N–H and O–H groups in total. The van der Waals surface area contributed by atoms with Crippen molar-refractivity contribution in [3.63, 3.8) is 0 Å². The SMILES string of the molecule is CCCNC1CCN(C(=O)OCC)CC1CC. The molecule has 0 spiro atoms. The van der Waals surface area contributed by atoms with Gasteiger partial charge in [0.1, 0.15) is 0 Å². The van der Waals surface area contributed by atoms with E-state index < -0.39 is 0 Å². The zero-order valence-electron chi connectivity index (χ0n) is 11.4. The Morgan fingerprint density at radius 3 is 2.76 bits per heavy atom. The number of rotatable bonds is 5. The molecule has 2 atom stereocenters. The lowest BCUT2D eigenvalue weighted by molar-refractivity contribution is 0.0782. The number of amides is 1. The summed E-state index contributed by atoms with van der Waals surface area (Å²) in [4.78, 5) is 13.5. The van der Waals surface area contributed by atoms with E-state index in [-0.39, 0.29) is 6.09 Å². The maximum absolute atomic E-state index is 11.7. The van der Waals surface area contributed by atoms with E-state index in [1.807, 2.05) is 11.8 Å². The van der Waals surface area contributed by atoms with E-state index in [2.05, 4.69) is 19.2 Å². The molecule has 1 rings (SSSR count). The highest BCUT2D eigenvalue weighted by molar-refractivity contribution is 5.67. The number of ether oxygens (including phenoxy) is 1. The van der Waals surface area contributed by atoms with Crippen LogP contribution in [0.25, 0.3) is 0 Å². The van der Waals surface area contributed by atoms with Gasteiger partial charge >= 0.3 is 6.09 Å². The van der Waals surface area contributed by atoms with Gasteiger partial charge in [-0.1, -0.05) is 20.3 Å². The first-order chi connectivity index (χ1) is 8.22. The van der Waals surface area contributed by atoms with Gasteiger partial charge in [0.05, 0.1) is 6.61 Å². The maximum Gasteiger partial charge on any atom is 0.409 e. The van der Waals surface area contributed by atoms with Crippen LogP contribution in [0.3, 0.4) is 0 Å². The molecule has 1 aliphatic heterocycles. The van der Waals surface area contributed by atoms with Crippen LogP contribution in [-0.2, 0) is 4.74 Å². The predicted octanol–water partition coefficient (Wildman–Crippen LogP) is 2.24. The predicted molar refractivity (Wildman–Crippen MR) is 69.1 cm³/mol. The molecule has 1 heterocycles. The van der Waals surface area contributed by atoms with E-state index >= 15 is 0 Å². The Kier molecular flexibility index (Phi) is 6.34. The van der Waals surface area contributed by atoms with Gasteiger partial charge in [-0.25, -0.2) is 4.79 Å². The summed E-state index contributed by atoms with van der Waals surface area (Å²) in [6.45, 7) is 9.41. The number of hydrogen-bond donors (Lipinski definition) is 1. The molecule has 2 unspecified atom stereocenters. The second-order valence-corrected chi connectivity index (χ2v) is 4.66. The van der Waals surface area contributed by atoms with Crippen LogP contribution in [0, 0.1) is 5.92 Å². The van der Waals surface area contributed by atoms with E-state index in [4.69, 9.17) is 4.74 Å². The number of hydrogen-bond acceptors (Lipinski definition) is 3. The second kappa shape index (κ2) is 7.54. The summed E-state index contributed by atoms with van der Waals surface area (Å²) in [5.41, 5.74) is 0. The van der Waals surface area contributed by atoms with Crippen molar-refractivity contribution in [1.82, 2.24) is 10.2 Å². The van der Waals surface area contributed by atoms with Gasteiger partial charge in [0.2, 0.25) is 0 Å². The third kappa shape index (κ3) is 4.19. The summed E-state index contributed by atoms with van der Waals surface area (Å²) >= 11 is 0. The third-order valence-electron chi connectivity index (χ3n) is 3.44. The van der Waals surface area contributed by atoms with E-state index in [9.17, 15) is 4.79 Å². The molecule has 0 radical (unpaired) electrons. The summed E-state index contributed by atoms with van der Waals surface area (Å²) in [6.07, 6.45) is 3.16. The number of piperidine rings is 1. The number of nitrogens with one attached hydrogen (secondary N) is 1. The molecular formula is C13H26N2O2. The minimum absolute atomic E-state index is 0.153. The smallest absolute Gasteiger partial charge is 0.409 e. The van der Waals surface area contributed by atoms with Gasteiger partial charge < -0.3 is 15.0 Å². The summed E-state index contributed by atoms with van der Waals surface area (Å²) in [6, 6.07) is 0.561. The Labute approximate surface area is 105 Å². The van der Waals surface area contributed by atoms with Crippen molar-refractivity contribution >= 4 is 6.09 Å². The first-order valence-electron chi connectivity index (χ1n) is 6.87. The van der Waals surface area contributed by atoms with E-state index in [1.165, 1.54) is 0 Å². The third-order valence-corrected chi connectivity index (χ3v) is 3.44. The van der Waals surface area contributed by atoms with Crippen LogP contribution in [0.2, 0.25) is 0 Å². The molecule has 1 amide bonds. The average Bonchev–Trinajstić information content (AvgIpc) is 2.36. The second-order valence-electron chi connectivity index (χ2n) is 4.66. The molecular weight excluding hydrogens is 216 g/mol. The molecule has 0 aromatic rings. The van der Waals surface area contributed by atoms with Crippen molar-refractivity contribution in [2.45, 2.75) is 46.1 Å². The molecule has 1 saturated heterocycles. The number of carbonyl (C=O) groups is 1. The van der Waals surface area contributed by atoms with Crippen LogP contribution in [0.15, 0.2) is 0 Å². The fourth-order valence-corrected chi connectivity index (χ4v) is 2.42. The monoisotopic (exact) mass is 242 g/mol. The van der Waals surface area contributed by atoms with Crippen molar-refractivity contribution < 1.29 is 9.53 Å². The minimum atomic E-state index is -0.153. The standard InChI is InChI=1S/C13H26N2O2/c1-4-8-14-12-7-9-15(10-11(12)5-2)13(16)17-6-3/h11-12,14H,4-10H2,1-3H3. The number of carbonyl (C=O) groups excluding carboxylic acids is 1. The highest BCUT2D eigenvalue weighted by Crippen LogP contribution is 2.20. The highest BCUT2D eigenvalue weighted by atomic mass is 16.6. The first-order valence-corrected chi connectivity index (χ1v) is 6.87. The number of likely N-dealkylation sites (tertiary alicyclic amines) is 1. The maximum atomic E-state index is 11.7. The van der Waals surface area contributed by atoms with Crippen LogP contribution in [0.1, 0.15) is 40.0 Å². The molecule has 1 fully saturated rings. The highest BCUT2D eigenvalue weighted by Gasteiger charge is 2.30. The van der Waals surface area contributed by atoms with Gasteiger partial charge in [-0.15, -0.1) is 0 Å². The Balaban J connectivity index is 2.45. The molecule has 0 aromatic heterocycles. The Morgan fingerprint density at radius 1 is 1.41 bits per heavy atom. The molecule has 1 aliphatic rings. The van der Waals surface area contributed by atoms with Gasteiger partial charge in [0, 0.05) is 19.1 Å². The van der Waals surface area contributed by atoms with Gasteiger partial charge in [-0.2, -0.15) is 0 Å². The van der Waals surface area contributed by atoms with Crippen molar-refractivity contribution in [1.29, 1.82) is 0 Å². The molecule has 4 heteroatoms. The van der Waals surface area contributed by atoms with Gasteiger partial charge in [-0.3, -0.25) is 0 Å². The molecule has 100 valence electrons. The quantitative estimate of drug-likeness (QED) is 0.804. The largest absolute Gasteiger partial charge is 0.450 e. The average molecular weight is 242 g/mol.